The van der Waals surface area contributed by atoms with Gasteiger partial charge in [-0.1, -0.05) is 24.9 Å². The van der Waals surface area contributed by atoms with Gasteiger partial charge >= 0.3 is 11.7 Å². The van der Waals surface area contributed by atoms with Crippen molar-refractivity contribution in [1.29, 1.82) is 0 Å². The van der Waals surface area contributed by atoms with Crippen molar-refractivity contribution in [3.63, 3.8) is 0 Å². The molecule has 0 spiro atoms. The van der Waals surface area contributed by atoms with Gasteiger partial charge in [-0.2, -0.15) is 0 Å². The Hall–Kier alpha value is -3.07. The second kappa shape index (κ2) is 9.92. The van der Waals surface area contributed by atoms with Crippen molar-refractivity contribution < 1.29 is 14.3 Å². The van der Waals surface area contributed by atoms with Gasteiger partial charge in [0, 0.05) is 18.1 Å². The normalized spacial score (nSPS) is 10.6. The lowest BCUT2D eigenvalue weighted by molar-refractivity contribution is -0.121. The van der Waals surface area contributed by atoms with E-state index in [0.717, 1.165) is 11.3 Å². The molecule has 1 aromatic heterocycles. The van der Waals surface area contributed by atoms with E-state index in [4.69, 9.17) is 22.1 Å². The summed E-state index contributed by atoms with van der Waals surface area (Å²) >= 11 is 5.78. The maximum absolute atomic E-state index is 12.6. The van der Waals surface area contributed by atoms with E-state index in [1.54, 1.807) is 6.92 Å². The zero-order valence-corrected chi connectivity index (χ0v) is 17.0. The first-order valence-corrected chi connectivity index (χ1v) is 9.53. The van der Waals surface area contributed by atoms with Gasteiger partial charge in [-0.3, -0.25) is 19.1 Å². The number of ether oxygens (including phenoxy) is 1. The van der Waals surface area contributed by atoms with Crippen LogP contribution in [0.4, 0.5) is 11.5 Å². The Balaban J connectivity index is 2.23. The number of nitrogens with two attached hydrogens (primary N) is 1. The van der Waals surface area contributed by atoms with E-state index in [-0.39, 0.29) is 23.6 Å². The number of nitrogens with zero attached hydrogens (tertiary/aromatic N) is 2. The molecule has 0 aliphatic rings. The van der Waals surface area contributed by atoms with E-state index >= 15 is 0 Å². The number of unbranched alkanes of at least 4 members (excludes halogenated alkanes) is 1. The summed E-state index contributed by atoms with van der Waals surface area (Å²) in [6.45, 7) is 3.39. The molecule has 0 atom stereocenters. The second-order valence-electron chi connectivity index (χ2n) is 6.22. The summed E-state index contributed by atoms with van der Waals surface area (Å²) in [5.74, 6) is -1.46. The first-order valence-electron chi connectivity index (χ1n) is 9.15. The fourth-order valence-electron chi connectivity index (χ4n) is 2.71. The summed E-state index contributed by atoms with van der Waals surface area (Å²) in [4.78, 5) is 52.3. The molecule has 0 aliphatic carbocycles. The molecule has 0 unspecified atom stereocenters. The molecule has 0 radical (unpaired) electrons. The Morgan fingerprint density at radius 1 is 1.21 bits per heavy atom. The van der Waals surface area contributed by atoms with Crippen LogP contribution in [0.2, 0.25) is 5.02 Å². The zero-order valence-electron chi connectivity index (χ0n) is 16.2. The molecule has 3 N–H and O–H groups in total. The van der Waals surface area contributed by atoms with Crippen LogP contribution in [0.1, 0.15) is 37.0 Å². The number of esters is 1. The topological polar surface area (TPSA) is 127 Å². The number of anilines is 2. The van der Waals surface area contributed by atoms with Crippen molar-refractivity contribution in [2.75, 3.05) is 23.8 Å². The molecule has 0 aliphatic heterocycles. The summed E-state index contributed by atoms with van der Waals surface area (Å²) < 4.78 is 6.26. The first kappa shape index (κ1) is 22.2. The van der Waals surface area contributed by atoms with Crippen molar-refractivity contribution in [2.24, 2.45) is 0 Å². The predicted octanol–water partition coefficient (Wildman–Crippen LogP) is 1.78. The van der Waals surface area contributed by atoms with Crippen LogP contribution in [0.5, 0.6) is 0 Å². The van der Waals surface area contributed by atoms with E-state index in [9.17, 15) is 19.2 Å². The van der Waals surface area contributed by atoms with Gasteiger partial charge < -0.3 is 15.4 Å². The SMILES string of the molecule is CCCCn1c(N)c(N(CC)C(=O)COC(=O)c2ccc(Cl)cc2)c(=O)[nH]c1=O. The van der Waals surface area contributed by atoms with E-state index in [1.807, 2.05) is 6.92 Å². The Morgan fingerprint density at radius 2 is 1.86 bits per heavy atom. The molecule has 156 valence electrons. The summed E-state index contributed by atoms with van der Waals surface area (Å²) in [6, 6.07) is 5.99. The largest absolute Gasteiger partial charge is 0.452 e. The number of carbonyl (C=O) groups is 2. The molecule has 0 bridgehead atoms. The van der Waals surface area contributed by atoms with Crippen LogP contribution < -0.4 is 21.9 Å². The Bertz CT molecular complexity index is 997. The summed E-state index contributed by atoms with van der Waals surface area (Å²) in [6.07, 6.45) is 1.49. The highest BCUT2D eigenvalue weighted by Gasteiger charge is 2.24. The number of carbonyl (C=O) groups excluding carboxylic acids is 2. The highest BCUT2D eigenvalue weighted by atomic mass is 35.5. The van der Waals surface area contributed by atoms with E-state index < -0.39 is 29.7 Å². The van der Waals surface area contributed by atoms with Crippen molar-refractivity contribution in [1.82, 2.24) is 9.55 Å². The van der Waals surface area contributed by atoms with Crippen LogP contribution in [0.15, 0.2) is 33.9 Å². The standard InChI is InChI=1S/C19H23ClN4O5/c1-3-5-10-24-16(21)15(17(26)22-19(24)28)23(4-2)14(25)11-29-18(27)12-6-8-13(20)9-7-12/h6-9H,3-5,10-11,21H2,1-2H3,(H,22,26,28). The van der Waals surface area contributed by atoms with Gasteiger partial charge in [0.05, 0.1) is 5.56 Å². The number of nitrogen functional groups attached to an aromatic ring is 1. The predicted molar refractivity (Wildman–Crippen MR) is 110 cm³/mol. The average Bonchev–Trinajstić information content (AvgIpc) is 2.69. The van der Waals surface area contributed by atoms with Crippen LogP contribution in [0.25, 0.3) is 0 Å². The Morgan fingerprint density at radius 3 is 2.45 bits per heavy atom. The number of nitrogens with one attached hydrogen (secondary N) is 1. The van der Waals surface area contributed by atoms with Gasteiger partial charge in [0.2, 0.25) is 0 Å². The lowest BCUT2D eigenvalue weighted by Gasteiger charge is -2.23. The molecule has 2 rings (SSSR count). The van der Waals surface area contributed by atoms with Crippen LogP contribution in [0.3, 0.4) is 0 Å². The third kappa shape index (κ3) is 5.26. The van der Waals surface area contributed by atoms with Crippen LogP contribution in [0, 0.1) is 0 Å². The summed E-state index contributed by atoms with van der Waals surface area (Å²) in [5.41, 5.74) is 4.70. The van der Waals surface area contributed by atoms with Gasteiger partial charge in [0.15, 0.2) is 12.3 Å². The molecule has 1 aromatic carbocycles. The average molecular weight is 423 g/mol. The van der Waals surface area contributed by atoms with Crippen molar-refractivity contribution in [3.05, 3.63) is 55.7 Å². The zero-order chi connectivity index (χ0) is 21.6. The number of aromatic nitrogens is 2. The smallest absolute Gasteiger partial charge is 0.338 e. The number of likely N-dealkylation sites (N-methyl/N-ethyl adjacent to an activating group) is 1. The molecule has 9 nitrogen and oxygen atoms in total. The Kier molecular flexibility index (Phi) is 7.60. The lowest BCUT2D eigenvalue weighted by Crippen LogP contribution is -2.42. The van der Waals surface area contributed by atoms with Crippen molar-refractivity contribution in [2.45, 2.75) is 33.2 Å². The molecule has 29 heavy (non-hydrogen) atoms. The molecule has 0 saturated heterocycles. The van der Waals surface area contributed by atoms with E-state index in [0.29, 0.717) is 18.0 Å². The number of halogens is 1. The Labute approximate surface area is 172 Å². The maximum Gasteiger partial charge on any atom is 0.338 e. The van der Waals surface area contributed by atoms with Gasteiger partial charge in [0.25, 0.3) is 11.5 Å². The lowest BCUT2D eigenvalue weighted by atomic mass is 10.2. The van der Waals surface area contributed by atoms with Crippen molar-refractivity contribution in [3.8, 4) is 0 Å². The molecule has 1 heterocycles. The fourth-order valence-corrected chi connectivity index (χ4v) is 2.84. The molecular weight excluding hydrogens is 400 g/mol. The fraction of sp³-hybridized carbons (Fsp3) is 0.368. The number of H-pyrrole nitrogens is 1. The second-order valence-corrected chi connectivity index (χ2v) is 6.66. The summed E-state index contributed by atoms with van der Waals surface area (Å²) in [7, 11) is 0. The number of rotatable bonds is 8. The molecule has 1 amide bonds. The molecule has 0 saturated carbocycles. The molecule has 10 heteroatoms. The minimum atomic E-state index is -0.778. The minimum Gasteiger partial charge on any atom is -0.452 e. The summed E-state index contributed by atoms with van der Waals surface area (Å²) in [5, 5.41) is 0.461. The number of benzene rings is 1. The van der Waals surface area contributed by atoms with Crippen LogP contribution in [-0.2, 0) is 16.1 Å². The van der Waals surface area contributed by atoms with Gasteiger partial charge in [-0.15, -0.1) is 0 Å². The van der Waals surface area contributed by atoms with E-state index in [2.05, 4.69) is 4.98 Å². The van der Waals surface area contributed by atoms with Gasteiger partial charge in [-0.25, -0.2) is 9.59 Å². The van der Waals surface area contributed by atoms with Crippen LogP contribution >= 0.6 is 11.6 Å². The quantitative estimate of drug-likeness (QED) is 0.624. The highest BCUT2D eigenvalue weighted by molar-refractivity contribution is 6.30. The molecular formula is C19H23ClN4O5. The number of aromatic amines is 1. The van der Waals surface area contributed by atoms with E-state index in [1.165, 1.54) is 28.8 Å². The first-order chi connectivity index (χ1) is 13.8. The minimum absolute atomic E-state index is 0.0938. The monoisotopic (exact) mass is 422 g/mol. The number of hydrogen-bond acceptors (Lipinski definition) is 6. The number of hydrogen-bond donors (Lipinski definition) is 2. The molecule has 0 fully saturated rings. The van der Waals surface area contributed by atoms with Crippen LogP contribution in [-0.4, -0.2) is 34.6 Å². The van der Waals surface area contributed by atoms with Gasteiger partial charge in [-0.05, 0) is 37.6 Å². The van der Waals surface area contributed by atoms with Gasteiger partial charge in [0.1, 0.15) is 5.82 Å². The highest BCUT2D eigenvalue weighted by Crippen LogP contribution is 2.17. The molecule has 2 aromatic rings. The van der Waals surface area contributed by atoms with Crippen molar-refractivity contribution >= 4 is 35.0 Å². The number of amides is 1. The maximum atomic E-state index is 12.6. The third-order valence-electron chi connectivity index (χ3n) is 4.24. The third-order valence-corrected chi connectivity index (χ3v) is 4.50.